The summed E-state index contributed by atoms with van der Waals surface area (Å²) in [6.45, 7) is 5.14. The van der Waals surface area contributed by atoms with Crippen molar-refractivity contribution in [2.75, 3.05) is 43.5 Å². The van der Waals surface area contributed by atoms with Crippen molar-refractivity contribution in [1.82, 2.24) is 14.9 Å². The van der Waals surface area contributed by atoms with Crippen LogP contribution in [0.1, 0.15) is 41.8 Å². The Morgan fingerprint density at radius 2 is 1.98 bits per heavy atom. The zero-order chi connectivity index (χ0) is 28.6. The summed E-state index contributed by atoms with van der Waals surface area (Å²) in [5.41, 5.74) is 5.21. The summed E-state index contributed by atoms with van der Waals surface area (Å²) in [6.07, 6.45) is 5.92. The highest BCUT2D eigenvalue weighted by Gasteiger charge is 2.32. The molecular formula is C33H35N5O2S2. The van der Waals surface area contributed by atoms with Crippen LogP contribution in [-0.4, -0.2) is 54.2 Å². The normalized spacial score (nSPS) is 21.0. The van der Waals surface area contributed by atoms with Crippen LogP contribution in [0.3, 0.4) is 0 Å². The molecule has 2 saturated heterocycles. The van der Waals surface area contributed by atoms with E-state index in [0.717, 1.165) is 24.3 Å². The van der Waals surface area contributed by atoms with E-state index >= 15 is 0 Å². The first-order valence-electron chi connectivity index (χ1n) is 14.6. The number of fused-ring (bicyclic) bond motifs is 2. The molecule has 0 amide bonds. The molecule has 0 aliphatic carbocycles. The molecule has 2 aromatic heterocycles. The van der Waals surface area contributed by atoms with Gasteiger partial charge in [-0.1, -0.05) is 41.7 Å². The zero-order valence-corrected chi connectivity index (χ0v) is 25.5. The van der Waals surface area contributed by atoms with Gasteiger partial charge in [0.2, 0.25) is 0 Å². The molecular weight excluding hydrogens is 563 g/mol. The number of hydrogen-bond donors (Lipinski definition) is 2. The maximum Gasteiger partial charge on any atom is 0.271 e. The lowest BCUT2D eigenvalue weighted by Gasteiger charge is -2.35. The van der Waals surface area contributed by atoms with Gasteiger partial charge in [-0.2, -0.15) is 0 Å². The first-order valence-corrected chi connectivity index (χ1v) is 16.2. The SMILES string of the molecule is Cc1ccc(C(Nc2ccc3c(c2)Sc2cccc(C4CN(c5ccc[nH]c5=O)CCO4)c2S3)[C@@H]2CCCN2C)nc1. The van der Waals surface area contributed by atoms with Crippen LogP contribution >= 0.6 is 23.5 Å². The van der Waals surface area contributed by atoms with E-state index in [9.17, 15) is 4.79 Å². The number of likely N-dealkylation sites (tertiary alicyclic amines) is 1. The van der Waals surface area contributed by atoms with Gasteiger partial charge < -0.3 is 24.8 Å². The second kappa shape index (κ2) is 11.8. The van der Waals surface area contributed by atoms with Crippen LogP contribution in [0.5, 0.6) is 0 Å². The fourth-order valence-corrected chi connectivity index (χ4v) is 8.70. The zero-order valence-electron chi connectivity index (χ0n) is 23.9. The first kappa shape index (κ1) is 27.6. The predicted octanol–water partition coefficient (Wildman–Crippen LogP) is 6.52. The van der Waals surface area contributed by atoms with E-state index in [-0.39, 0.29) is 17.7 Å². The van der Waals surface area contributed by atoms with E-state index in [1.54, 1.807) is 6.20 Å². The van der Waals surface area contributed by atoms with Gasteiger partial charge in [0.15, 0.2) is 0 Å². The van der Waals surface area contributed by atoms with Crippen LogP contribution in [0, 0.1) is 6.92 Å². The molecule has 0 bridgehead atoms. The molecule has 216 valence electrons. The molecule has 0 saturated carbocycles. The van der Waals surface area contributed by atoms with Crippen molar-refractivity contribution in [2.24, 2.45) is 0 Å². The predicted molar refractivity (Wildman–Crippen MR) is 170 cm³/mol. The van der Waals surface area contributed by atoms with Gasteiger partial charge >= 0.3 is 0 Å². The number of aryl methyl sites for hydroxylation is 1. The number of rotatable bonds is 6. The Hall–Kier alpha value is -3.24. The molecule has 9 heteroatoms. The number of morpholine rings is 1. The van der Waals surface area contributed by atoms with Crippen molar-refractivity contribution in [2.45, 2.75) is 57.5 Å². The number of aromatic nitrogens is 2. The number of hydrogen-bond acceptors (Lipinski definition) is 8. The van der Waals surface area contributed by atoms with E-state index in [4.69, 9.17) is 9.72 Å². The maximum absolute atomic E-state index is 12.5. The fraction of sp³-hybridized carbons (Fsp3) is 0.333. The molecule has 4 aromatic rings. The van der Waals surface area contributed by atoms with E-state index in [2.05, 4.69) is 82.6 Å². The average Bonchev–Trinajstić information content (AvgIpc) is 3.44. The molecule has 42 heavy (non-hydrogen) atoms. The molecule has 7 rings (SSSR count). The Balaban J connectivity index is 1.13. The van der Waals surface area contributed by atoms with E-state index < -0.39 is 0 Å². The van der Waals surface area contributed by atoms with Crippen LogP contribution in [0.25, 0.3) is 0 Å². The van der Waals surface area contributed by atoms with Crippen molar-refractivity contribution < 1.29 is 4.74 Å². The van der Waals surface area contributed by atoms with Gasteiger partial charge in [0.05, 0.1) is 18.3 Å². The van der Waals surface area contributed by atoms with Crippen LogP contribution in [0.4, 0.5) is 11.4 Å². The Morgan fingerprint density at radius 3 is 2.79 bits per heavy atom. The lowest BCUT2D eigenvalue weighted by Crippen LogP contribution is -2.41. The summed E-state index contributed by atoms with van der Waals surface area (Å²) < 4.78 is 6.28. The Morgan fingerprint density at radius 1 is 1.05 bits per heavy atom. The lowest BCUT2D eigenvalue weighted by molar-refractivity contribution is 0.0378. The highest BCUT2D eigenvalue weighted by Crippen LogP contribution is 2.52. The van der Waals surface area contributed by atoms with Crippen LogP contribution in [-0.2, 0) is 4.74 Å². The summed E-state index contributed by atoms with van der Waals surface area (Å²) in [7, 11) is 2.22. The highest BCUT2D eigenvalue weighted by atomic mass is 32.2. The molecule has 0 radical (unpaired) electrons. The summed E-state index contributed by atoms with van der Waals surface area (Å²) in [5.74, 6) is 0. The molecule has 2 fully saturated rings. The van der Waals surface area contributed by atoms with E-state index in [0.29, 0.717) is 31.4 Å². The minimum atomic E-state index is -0.102. The Kier molecular flexibility index (Phi) is 7.75. The smallest absolute Gasteiger partial charge is 0.271 e. The summed E-state index contributed by atoms with van der Waals surface area (Å²) in [5, 5.41) is 3.87. The number of aromatic amines is 1. The molecule has 2 unspecified atom stereocenters. The van der Waals surface area contributed by atoms with Crippen molar-refractivity contribution >= 4 is 34.9 Å². The first-order chi connectivity index (χ1) is 20.5. The van der Waals surface area contributed by atoms with Crippen LogP contribution in [0.15, 0.2) is 97.4 Å². The van der Waals surface area contributed by atoms with Gasteiger partial charge in [-0.3, -0.25) is 9.78 Å². The third-order valence-corrected chi connectivity index (χ3v) is 11.1. The largest absolute Gasteiger partial charge is 0.375 e. The third kappa shape index (κ3) is 5.46. The van der Waals surface area contributed by atoms with Crippen LogP contribution < -0.4 is 15.8 Å². The number of likely N-dealkylation sites (N-methyl/N-ethyl adjacent to an activating group) is 1. The molecule has 5 heterocycles. The number of H-pyrrole nitrogens is 1. The molecule has 2 N–H and O–H groups in total. The quantitative estimate of drug-likeness (QED) is 0.229. The Bertz CT molecular complexity index is 1640. The van der Waals surface area contributed by atoms with Crippen LogP contribution in [0.2, 0.25) is 0 Å². The minimum Gasteiger partial charge on any atom is -0.375 e. The van der Waals surface area contributed by atoms with Crippen molar-refractivity contribution in [3.8, 4) is 0 Å². The van der Waals surface area contributed by atoms with Gasteiger partial charge in [0.1, 0.15) is 11.8 Å². The Labute approximate surface area is 255 Å². The van der Waals surface area contributed by atoms with Gasteiger partial charge in [-0.15, -0.1) is 0 Å². The van der Waals surface area contributed by atoms with Gasteiger partial charge in [-0.25, -0.2) is 0 Å². The fourth-order valence-electron chi connectivity index (χ4n) is 6.25. The van der Waals surface area contributed by atoms with E-state index in [1.807, 2.05) is 41.9 Å². The molecule has 3 aliphatic heterocycles. The number of anilines is 2. The minimum absolute atomic E-state index is 0.0588. The van der Waals surface area contributed by atoms with Crippen molar-refractivity contribution in [1.29, 1.82) is 0 Å². The second-order valence-corrected chi connectivity index (χ2v) is 13.4. The summed E-state index contributed by atoms with van der Waals surface area (Å²) >= 11 is 3.64. The average molecular weight is 598 g/mol. The molecule has 3 atom stereocenters. The van der Waals surface area contributed by atoms with Gasteiger partial charge in [-0.05, 0) is 86.9 Å². The molecule has 3 aliphatic rings. The number of nitrogens with one attached hydrogen (secondary N) is 2. The lowest BCUT2D eigenvalue weighted by atomic mass is 10.0. The topological polar surface area (TPSA) is 73.5 Å². The monoisotopic (exact) mass is 597 g/mol. The number of benzene rings is 2. The number of nitrogens with zero attached hydrogens (tertiary/aromatic N) is 3. The highest BCUT2D eigenvalue weighted by molar-refractivity contribution is 8.05. The van der Waals surface area contributed by atoms with Gasteiger partial charge in [0, 0.05) is 56.8 Å². The number of ether oxygens (including phenoxy) is 1. The third-order valence-electron chi connectivity index (χ3n) is 8.47. The summed E-state index contributed by atoms with van der Waals surface area (Å²) in [6, 6.07) is 21.9. The van der Waals surface area contributed by atoms with Gasteiger partial charge in [0.25, 0.3) is 5.56 Å². The number of pyridine rings is 2. The van der Waals surface area contributed by atoms with Crippen molar-refractivity contribution in [3.05, 3.63) is 100 Å². The standard InChI is InChI=1S/C33H35N5O2S2/c1-21-10-12-24(35-19-21)31(25-8-5-15-37(25)2)36-22-11-13-28-30(18-22)41-29-9-3-6-23(32(29)42-28)27-20-38(16-17-40-27)26-7-4-14-34-33(26)39/h3-4,6-7,9-14,18-19,25,27,31,36H,5,8,15-17,20H2,1-2H3,(H,34,39)/t25-,27?,31?/m0/s1. The van der Waals surface area contributed by atoms with Crippen molar-refractivity contribution in [3.63, 3.8) is 0 Å². The maximum atomic E-state index is 12.5. The molecule has 2 aromatic carbocycles. The van der Waals surface area contributed by atoms with E-state index in [1.165, 1.54) is 37.1 Å². The second-order valence-electron chi connectivity index (χ2n) is 11.3. The molecule has 7 nitrogen and oxygen atoms in total. The summed E-state index contributed by atoms with van der Waals surface area (Å²) in [4.78, 5) is 29.7. The molecule has 0 spiro atoms.